The number of hydrogen-bond donors (Lipinski definition) is 0. The molecule has 0 unspecified atom stereocenters. The van der Waals surface area contributed by atoms with Crippen molar-refractivity contribution in [2.24, 2.45) is 0 Å². The molecule has 3 rings (SSSR count). The van der Waals surface area contributed by atoms with Crippen molar-refractivity contribution in [1.29, 1.82) is 0 Å². The van der Waals surface area contributed by atoms with Gasteiger partial charge in [0.05, 0.1) is 12.8 Å². The first-order valence-corrected chi connectivity index (χ1v) is 9.17. The molecule has 22 heavy (non-hydrogen) atoms. The molecule has 5 nitrogen and oxygen atoms in total. The largest absolute Gasteiger partial charge is 0.494 e. The summed E-state index contributed by atoms with van der Waals surface area (Å²) in [6.07, 6.45) is 4.45. The molecule has 1 aliphatic rings. The van der Waals surface area contributed by atoms with Crippen LogP contribution in [0, 0.1) is 0 Å². The molecule has 0 radical (unpaired) electrons. The van der Waals surface area contributed by atoms with Crippen molar-refractivity contribution in [2.75, 3.05) is 20.2 Å². The van der Waals surface area contributed by atoms with Gasteiger partial charge in [-0.3, -0.25) is 4.98 Å². The molecule has 0 saturated carbocycles. The highest BCUT2D eigenvalue weighted by atomic mass is 32.2. The maximum Gasteiger partial charge on any atom is 0.256 e. The van der Waals surface area contributed by atoms with Crippen molar-refractivity contribution < 1.29 is 13.2 Å². The molecule has 0 atom stereocenters. The quantitative estimate of drug-likeness (QED) is 0.861. The summed E-state index contributed by atoms with van der Waals surface area (Å²) in [4.78, 5) is 4.30. The van der Waals surface area contributed by atoms with E-state index in [9.17, 15) is 8.42 Å². The minimum absolute atomic E-state index is 0.261. The predicted octanol–water partition coefficient (Wildman–Crippen LogP) is 2.63. The minimum Gasteiger partial charge on any atom is -0.494 e. The molecular formula is C15H16N2O3S2. The molecule has 0 saturated heterocycles. The van der Waals surface area contributed by atoms with Gasteiger partial charge in [0.1, 0.15) is 5.75 Å². The Hall–Kier alpha value is -1.70. The van der Waals surface area contributed by atoms with Crippen LogP contribution in [0.15, 0.2) is 46.1 Å². The number of methoxy groups -OCH3 is 1. The van der Waals surface area contributed by atoms with Crippen molar-refractivity contribution in [3.05, 3.63) is 47.6 Å². The highest BCUT2D eigenvalue weighted by Gasteiger charge is 2.31. The standard InChI is InChI=1S/C15H16N2O3S2/c1-20-14-7-10-21-15(14)22(18,19)17-9-4-5-12(11-17)13-6-2-3-8-16-13/h2-3,5-8,10H,4,9,11H2,1H3. The van der Waals surface area contributed by atoms with Crippen molar-refractivity contribution in [3.8, 4) is 5.75 Å². The van der Waals surface area contributed by atoms with Gasteiger partial charge in [-0.25, -0.2) is 8.42 Å². The second-order valence-electron chi connectivity index (χ2n) is 4.85. The van der Waals surface area contributed by atoms with Crippen LogP contribution in [0.2, 0.25) is 0 Å². The Kier molecular flexibility index (Phi) is 4.28. The van der Waals surface area contributed by atoms with E-state index in [-0.39, 0.29) is 4.21 Å². The molecule has 0 fully saturated rings. The maximum absolute atomic E-state index is 12.8. The van der Waals surface area contributed by atoms with E-state index in [2.05, 4.69) is 11.1 Å². The van der Waals surface area contributed by atoms with Gasteiger partial charge in [-0.2, -0.15) is 4.31 Å². The first kappa shape index (κ1) is 15.2. The summed E-state index contributed by atoms with van der Waals surface area (Å²) in [5.41, 5.74) is 1.76. The third-order valence-corrected chi connectivity index (χ3v) is 6.77. The molecule has 0 spiro atoms. The Bertz CT molecular complexity index is 782. The summed E-state index contributed by atoms with van der Waals surface area (Å²) in [7, 11) is -2.06. The zero-order valence-electron chi connectivity index (χ0n) is 12.1. The molecule has 1 aliphatic heterocycles. The number of pyridine rings is 1. The van der Waals surface area contributed by atoms with Crippen LogP contribution in [0.25, 0.3) is 5.57 Å². The molecule has 0 amide bonds. The van der Waals surface area contributed by atoms with Crippen LogP contribution in [-0.4, -0.2) is 37.9 Å². The highest BCUT2D eigenvalue weighted by molar-refractivity contribution is 7.91. The molecule has 2 aromatic rings. The lowest BCUT2D eigenvalue weighted by Crippen LogP contribution is -2.35. The number of nitrogens with zero attached hydrogens (tertiary/aromatic N) is 2. The van der Waals surface area contributed by atoms with Gasteiger partial charge < -0.3 is 4.74 Å². The Morgan fingerprint density at radius 1 is 1.32 bits per heavy atom. The number of ether oxygens (including phenoxy) is 1. The molecule has 3 heterocycles. The van der Waals surface area contributed by atoms with Crippen molar-refractivity contribution in [2.45, 2.75) is 10.6 Å². The molecule has 7 heteroatoms. The van der Waals surface area contributed by atoms with E-state index in [1.807, 2.05) is 18.2 Å². The SMILES string of the molecule is COc1ccsc1S(=O)(=O)N1CCC=C(c2ccccn2)C1. The third kappa shape index (κ3) is 2.79. The summed E-state index contributed by atoms with van der Waals surface area (Å²) in [5, 5.41) is 1.73. The lowest BCUT2D eigenvalue weighted by Gasteiger charge is -2.26. The Morgan fingerprint density at radius 3 is 2.91 bits per heavy atom. The molecule has 0 aromatic carbocycles. The second-order valence-corrected chi connectivity index (χ2v) is 7.90. The number of hydrogen-bond acceptors (Lipinski definition) is 5. The van der Waals surface area contributed by atoms with Crippen LogP contribution < -0.4 is 4.74 Å². The van der Waals surface area contributed by atoms with Crippen LogP contribution in [0.1, 0.15) is 12.1 Å². The molecule has 0 N–H and O–H groups in total. The fourth-order valence-electron chi connectivity index (χ4n) is 2.40. The van der Waals surface area contributed by atoms with Gasteiger partial charge in [-0.1, -0.05) is 12.1 Å². The van der Waals surface area contributed by atoms with Crippen LogP contribution in [0.3, 0.4) is 0 Å². The van der Waals surface area contributed by atoms with Crippen molar-refractivity contribution in [1.82, 2.24) is 9.29 Å². The average Bonchev–Trinajstić information content (AvgIpc) is 3.05. The Labute approximate surface area is 133 Å². The summed E-state index contributed by atoms with van der Waals surface area (Å²) in [5.74, 6) is 0.402. The lowest BCUT2D eigenvalue weighted by atomic mass is 10.1. The summed E-state index contributed by atoms with van der Waals surface area (Å²) in [6.45, 7) is 0.806. The number of sulfonamides is 1. The third-order valence-electron chi connectivity index (χ3n) is 3.50. The summed E-state index contributed by atoms with van der Waals surface area (Å²) < 4.78 is 32.5. The van der Waals surface area contributed by atoms with Gasteiger partial charge in [0.15, 0.2) is 4.21 Å². The fourth-order valence-corrected chi connectivity index (χ4v) is 5.25. The van der Waals surface area contributed by atoms with Gasteiger partial charge >= 0.3 is 0 Å². The average molecular weight is 336 g/mol. The van der Waals surface area contributed by atoms with E-state index in [1.54, 1.807) is 17.6 Å². The van der Waals surface area contributed by atoms with Crippen LogP contribution in [0.4, 0.5) is 0 Å². The van der Waals surface area contributed by atoms with Gasteiger partial charge in [-0.05, 0) is 35.6 Å². The Morgan fingerprint density at radius 2 is 2.18 bits per heavy atom. The molecule has 0 bridgehead atoms. The lowest BCUT2D eigenvalue weighted by molar-refractivity contribution is 0.400. The smallest absolute Gasteiger partial charge is 0.256 e. The maximum atomic E-state index is 12.8. The normalized spacial score (nSPS) is 16.3. The van der Waals surface area contributed by atoms with Gasteiger partial charge in [0.25, 0.3) is 10.0 Å². The summed E-state index contributed by atoms with van der Waals surface area (Å²) in [6, 6.07) is 7.32. The van der Waals surface area contributed by atoms with Crippen LogP contribution in [-0.2, 0) is 10.0 Å². The Balaban J connectivity index is 1.89. The zero-order chi connectivity index (χ0) is 15.6. The molecular weight excluding hydrogens is 320 g/mol. The number of rotatable bonds is 4. The number of aromatic nitrogens is 1. The number of thiophene rings is 1. The van der Waals surface area contributed by atoms with Crippen molar-refractivity contribution in [3.63, 3.8) is 0 Å². The van der Waals surface area contributed by atoms with Crippen LogP contribution >= 0.6 is 11.3 Å². The predicted molar refractivity (Wildman–Crippen MR) is 86.5 cm³/mol. The molecule has 116 valence electrons. The van der Waals surface area contributed by atoms with E-state index < -0.39 is 10.0 Å². The van der Waals surface area contributed by atoms with Gasteiger partial charge in [0, 0.05) is 19.3 Å². The molecule has 0 aliphatic carbocycles. The second kappa shape index (κ2) is 6.20. The van der Waals surface area contributed by atoms with Crippen LogP contribution in [0.5, 0.6) is 5.75 Å². The highest BCUT2D eigenvalue weighted by Crippen LogP contribution is 2.34. The zero-order valence-corrected chi connectivity index (χ0v) is 13.7. The first-order chi connectivity index (χ1) is 10.6. The summed E-state index contributed by atoms with van der Waals surface area (Å²) >= 11 is 1.18. The first-order valence-electron chi connectivity index (χ1n) is 6.85. The van der Waals surface area contributed by atoms with E-state index >= 15 is 0 Å². The van der Waals surface area contributed by atoms with E-state index in [1.165, 1.54) is 22.8 Å². The minimum atomic E-state index is -3.54. The van der Waals surface area contributed by atoms with E-state index in [4.69, 9.17) is 4.74 Å². The molecule has 2 aromatic heterocycles. The van der Waals surface area contributed by atoms with Gasteiger partial charge in [0.2, 0.25) is 0 Å². The van der Waals surface area contributed by atoms with E-state index in [0.717, 1.165) is 11.3 Å². The van der Waals surface area contributed by atoms with Crippen molar-refractivity contribution >= 4 is 26.9 Å². The van der Waals surface area contributed by atoms with E-state index in [0.29, 0.717) is 25.3 Å². The monoisotopic (exact) mass is 336 g/mol. The van der Waals surface area contributed by atoms with Gasteiger partial charge in [-0.15, -0.1) is 11.3 Å². The topological polar surface area (TPSA) is 59.5 Å². The fraction of sp³-hybridized carbons (Fsp3) is 0.267.